The molecule has 0 aliphatic heterocycles. The molecule has 1 atom stereocenters. The highest BCUT2D eigenvalue weighted by molar-refractivity contribution is 4.75. The van der Waals surface area contributed by atoms with Crippen LogP contribution in [-0.2, 0) is 6.42 Å². The zero-order valence-corrected chi connectivity index (χ0v) is 11.0. The van der Waals surface area contributed by atoms with E-state index in [9.17, 15) is 0 Å². The molecule has 1 unspecified atom stereocenters. The van der Waals surface area contributed by atoms with Gasteiger partial charge in [0, 0.05) is 6.42 Å². The first-order valence-electron chi connectivity index (χ1n) is 6.84. The minimum atomic E-state index is 0.854. The number of H-pyrrole nitrogens is 1. The maximum atomic E-state index is 3.90. The van der Waals surface area contributed by atoms with Crippen molar-refractivity contribution in [1.82, 2.24) is 20.6 Å². The highest BCUT2D eigenvalue weighted by Gasteiger charge is 2.00. The largest absolute Gasteiger partial charge is 0.243 e. The Morgan fingerprint density at radius 2 is 1.88 bits per heavy atom. The molecule has 1 N–H and O–H groups in total. The van der Waals surface area contributed by atoms with E-state index in [1.54, 1.807) is 0 Å². The van der Waals surface area contributed by atoms with Crippen molar-refractivity contribution < 1.29 is 0 Å². The lowest BCUT2D eigenvalue weighted by Gasteiger charge is -2.08. The van der Waals surface area contributed by atoms with Crippen LogP contribution >= 0.6 is 0 Å². The number of aryl methyl sites for hydroxylation is 1. The van der Waals surface area contributed by atoms with E-state index in [2.05, 4.69) is 34.5 Å². The van der Waals surface area contributed by atoms with E-state index in [0.717, 1.165) is 24.6 Å². The Balaban J connectivity index is 1.84. The Kier molecular flexibility index (Phi) is 7.60. The van der Waals surface area contributed by atoms with Crippen molar-refractivity contribution in [3.63, 3.8) is 0 Å². The molecule has 97 valence electrons. The molecule has 0 fully saturated rings. The molecule has 4 nitrogen and oxygen atoms in total. The van der Waals surface area contributed by atoms with E-state index in [-0.39, 0.29) is 0 Å². The summed E-state index contributed by atoms with van der Waals surface area (Å²) in [6, 6.07) is 0. The van der Waals surface area contributed by atoms with Crippen LogP contribution in [0.3, 0.4) is 0 Å². The van der Waals surface area contributed by atoms with E-state index in [4.69, 9.17) is 0 Å². The van der Waals surface area contributed by atoms with Crippen LogP contribution in [0.5, 0.6) is 0 Å². The molecule has 1 rings (SSSR count). The number of hydrogen-bond acceptors (Lipinski definition) is 3. The summed E-state index contributed by atoms with van der Waals surface area (Å²) in [7, 11) is 0. The smallest absolute Gasteiger partial charge is 0.148 e. The van der Waals surface area contributed by atoms with Gasteiger partial charge in [-0.05, 0) is 22.8 Å². The summed E-state index contributed by atoms with van der Waals surface area (Å²) in [5.74, 6) is 1.77. The molecule has 1 radical (unpaired) electrons. The average Bonchev–Trinajstić information content (AvgIpc) is 2.81. The standard InChI is InChI=1S/C13H25N4/c1-3-9-12(2)10-7-5-4-6-8-11-13-14-16-17-15-13/h12H,1,3-11H2,2H3,(H,14,15,16,17). The third-order valence-electron chi connectivity index (χ3n) is 3.20. The van der Waals surface area contributed by atoms with Gasteiger partial charge in [-0.2, -0.15) is 0 Å². The van der Waals surface area contributed by atoms with Gasteiger partial charge in [-0.1, -0.05) is 58.8 Å². The second-order valence-electron chi connectivity index (χ2n) is 4.90. The van der Waals surface area contributed by atoms with Crippen molar-refractivity contribution in [3.05, 3.63) is 12.7 Å². The lowest BCUT2D eigenvalue weighted by molar-refractivity contribution is 0.458. The number of aromatic amines is 1. The van der Waals surface area contributed by atoms with Crippen molar-refractivity contribution in [3.8, 4) is 0 Å². The maximum Gasteiger partial charge on any atom is 0.148 e. The predicted molar refractivity (Wildman–Crippen MR) is 69.3 cm³/mol. The summed E-state index contributed by atoms with van der Waals surface area (Å²) in [5.41, 5.74) is 0. The van der Waals surface area contributed by atoms with Crippen LogP contribution in [0.4, 0.5) is 0 Å². The van der Waals surface area contributed by atoms with E-state index < -0.39 is 0 Å². The predicted octanol–water partition coefficient (Wildman–Crippen LogP) is 3.33. The van der Waals surface area contributed by atoms with Crippen molar-refractivity contribution in [2.75, 3.05) is 0 Å². The third-order valence-corrected chi connectivity index (χ3v) is 3.20. The number of rotatable bonds is 10. The summed E-state index contributed by atoms with van der Waals surface area (Å²) in [5, 5.41) is 13.8. The van der Waals surface area contributed by atoms with Crippen LogP contribution in [0.25, 0.3) is 0 Å². The monoisotopic (exact) mass is 237 g/mol. The summed E-state index contributed by atoms with van der Waals surface area (Å²) >= 11 is 0. The number of unbranched alkanes of at least 4 members (excludes halogenated alkanes) is 4. The molecular formula is C13H25N4. The first-order chi connectivity index (χ1) is 8.33. The van der Waals surface area contributed by atoms with Crippen molar-refractivity contribution in [2.45, 2.75) is 64.7 Å². The summed E-state index contributed by atoms with van der Waals surface area (Å²) in [6.45, 7) is 6.24. The van der Waals surface area contributed by atoms with Gasteiger partial charge in [-0.15, -0.1) is 5.10 Å². The number of hydrogen-bond donors (Lipinski definition) is 1. The molecule has 0 aliphatic carbocycles. The molecule has 17 heavy (non-hydrogen) atoms. The Morgan fingerprint density at radius 3 is 2.59 bits per heavy atom. The van der Waals surface area contributed by atoms with Crippen molar-refractivity contribution >= 4 is 0 Å². The van der Waals surface area contributed by atoms with Crippen LogP contribution in [0.1, 0.15) is 64.1 Å². The number of nitrogens with zero attached hydrogens (tertiary/aromatic N) is 3. The van der Waals surface area contributed by atoms with Gasteiger partial charge in [0.25, 0.3) is 0 Å². The Morgan fingerprint density at radius 1 is 1.12 bits per heavy atom. The lowest BCUT2D eigenvalue weighted by atomic mass is 9.98. The molecule has 1 aromatic rings. The van der Waals surface area contributed by atoms with Gasteiger partial charge in [-0.25, -0.2) is 5.10 Å². The fraction of sp³-hybridized carbons (Fsp3) is 0.846. The van der Waals surface area contributed by atoms with E-state index in [0.29, 0.717) is 0 Å². The third kappa shape index (κ3) is 7.08. The van der Waals surface area contributed by atoms with Gasteiger partial charge in [-0.3, -0.25) is 0 Å². The number of tetrazole rings is 1. The van der Waals surface area contributed by atoms with Crippen LogP contribution in [0.2, 0.25) is 0 Å². The van der Waals surface area contributed by atoms with Crippen molar-refractivity contribution in [2.24, 2.45) is 5.92 Å². The molecule has 1 aromatic heterocycles. The molecule has 4 heteroatoms. The number of aromatic nitrogens is 4. The minimum Gasteiger partial charge on any atom is -0.243 e. The van der Waals surface area contributed by atoms with Crippen LogP contribution in [0, 0.1) is 12.8 Å². The molecule has 0 saturated heterocycles. The van der Waals surface area contributed by atoms with Crippen molar-refractivity contribution in [1.29, 1.82) is 0 Å². The topological polar surface area (TPSA) is 54.5 Å². The van der Waals surface area contributed by atoms with Gasteiger partial charge < -0.3 is 0 Å². The first-order valence-corrected chi connectivity index (χ1v) is 6.84. The molecule has 0 saturated carbocycles. The molecular weight excluding hydrogens is 212 g/mol. The maximum absolute atomic E-state index is 3.90. The van der Waals surface area contributed by atoms with E-state index >= 15 is 0 Å². The van der Waals surface area contributed by atoms with Gasteiger partial charge in [0.2, 0.25) is 0 Å². The molecule has 0 aromatic carbocycles. The minimum absolute atomic E-state index is 0.854. The average molecular weight is 237 g/mol. The lowest BCUT2D eigenvalue weighted by Crippen LogP contribution is -1.94. The molecule has 1 heterocycles. The van der Waals surface area contributed by atoms with Gasteiger partial charge >= 0.3 is 0 Å². The van der Waals surface area contributed by atoms with E-state index in [1.165, 1.54) is 44.9 Å². The number of nitrogens with one attached hydrogen (secondary N) is 1. The molecule has 0 bridgehead atoms. The second-order valence-corrected chi connectivity index (χ2v) is 4.90. The summed E-state index contributed by atoms with van der Waals surface area (Å²) in [4.78, 5) is 0. The molecule has 0 amide bonds. The van der Waals surface area contributed by atoms with Crippen LogP contribution in [0.15, 0.2) is 0 Å². The zero-order valence-electron chi connectivity index (χ0n) is 11.0. The summed E-state index contributed by atoms with van der Waals surface area (Å²) in [6.07, 6.45) is 11.2. The van der Waals surface area contributed by atoms with Gasteiger partial charge in [0.1, 0.15) is 5.82 Å². The normalized spacial score (nSPS) is 12.8. The fourth-order valence-electron chi connectivity index (χ4n) is 2.09. The van der Waals surface area contributed by atoms with Gasteiger partial charge in [0.05, 0.1) is 0 Å². The highest BCUT2D eigenvalue weighted by Crippen LogP contribution is 2.15. The first kappa shape index (κ1) is 14.1. The second kappa shape index (κ2) is 9.14. The van der Waals surface area contributed by atoms with Crippen LogP contribution < -0.4 is 0 Å². The highest BCUT2D eigenvalue weighted by atomic mass is 15.5. The molecule has 0 aliphatic rings. The molecule has 0 spiro atoms. The summed E-state index contributed by atoms with van der Waals surface area (Å²) < 4.78 is 0. The van der Waals surface area contributed by atoms with E-state index in [1.807, 2.05) is 0 Å². The Bertz CT molecular complexity index is 258. The Hall–Kier alpha value is -0.930. The fourth-order valence-corrected chi connectivity index (χ4v) is 2.09. The quantitative estimate of drug-likeness (QED) is 0.635. The SMILES string of the molecule is [CH2]CCC(C)CCCCCCCc1nnn[nH]1. The van der Waals surface area contributed by atoms with Gasteiger partial charge in [0.15, 0.2) is 0 Å². The Labute approximate surface area is 105 Å². The van der Waals surface area contributed by atoms with Crippen LogP contribution in [-0.4, -0.2) is 20.6 Å². The zero-order chi connectivity index (χ0) is 12.3.